The van der Waals surface area contributed by atoms with Gasteiger partial charge in [-0.25, -0.2) is 4.98 Å². The summed E-state index contributed by atoms with van der Waals surface area (Å²) in [5.41, 5.74) is 16.3. The molecule has 21 heteroatoms. The van der Waals surface area contributed by atoms with Crippen molar-refractivity contribution in [3.63, 3.8) is 0 Å². The van der Waals surface area contributed by atoms with Crippen LogP contribution in [0.2, 0.25) is 0 Å². The van der Waals surface area contributed by atoms with Crippen LogP contribution in [0.5, 0.6) is 23.0 Å². The summed E-state index contributed by atoms with van der Waals surface area (Å²) in [6.07, 6.45) is 5.98. The number of thioether (sulfide) groups is 1. The zero-order valence-corrected chi connectivity index (χ0v) is 49.2. The molecule has 0 radical (unpaired) electrons. The van der Waals surface area contributed by atoms with Gasteiger partial charge < -0.3 is 46.9 Å². The summed E-state index contributed by atoms with van der Waals surface area (Å²) in [4.78, 5) is 47.0. The van der Waals surface area contributed by atoms with Crippen molar-refractivity contribution in [1.82, 2.24) is 14.8 Å². The Bertz CT molecular complexity index is 2620. The third-order valence-electron chi connectivity index (χ3n) is 11.4. The van der Waals surface area contributed by atoms with Gasteiger partial charge in [0.25, 0.3) is 5.97 Å². The van der Waals surface area contributed by atoms with Gasteiger partial charge in [-0.2, -0.15) is 14.9 Å². The second-order valence-electron chi connectivity index (χ2n) is 17.2. The predicted octanol–water partition coefficient (Wildman–Crippen LogP) is 10.8. The summed E-state index contributed by atoms with van der Waals surface area (Å²) in [6.45, 7) is 17.8. The number of amidine groups is 1. The first-order valence-electron chi connectivity index (χ1n) is 24.8. The number of likely N-dealkylation sites (N-methyl/N-ethyl adjacent to an activating group) is 2. The van der Waals surface area contributed by atoms with Gasteiger partial charge in [0, 0.05) is 55.6 Å². The Labute approximate surface area is 467 Å². The predicted molar refractivity (Wildman–Crippen MR) is 321 cm³/mol. The number of thiazole rings is 1. The van der Waals surface area contributed by atoms with Crippen LogP contribution in [0, 0.1) is 0 Å². The van der Waals surface area contributed by atoms with Gasteiger partial charge in [0.2, 0.25) is 5.78 Å². The number of alkyl halides is 1. The van der Waals surface area contributed by atoms with Gasteiger partial charge in [0.05, 0.1) is 5.33 Å². The number of aromatic hydroxyl groups is 2. The highest BCUT2D eigenvalue weighted by atomic mass is 79.9. The van der Waals surface area contributed by atoms with Crippen molar-refractivity contribution in [3.8, 4) is 23.0 Å². The van der Waals surface area contributed by atoms with Gasteiger partial charge >= 0.3 is 0 Å². The lowest BCUT2D eigenvalue weighted by Crippen LogP contribution is -2.24. The first kappa shape index (κ1) is 63.9. The van der Waals surface area contributed by atoms with Gasteiger partial charge in [0.1, 0.15) is 45.9 Å². The number of thiocarbonyl (C=S) groups is 1. The van der Waals surface area contributed by atoms with E-state index in [2.05, 4.69) is 60.2 Å². The summed E-state index contributed by atoms with van der Waals surface area (Å²) < 4.78 is 12.1. The fourth-order valence-electron chi connectivity index (χ4n) is 7.72. The van der Waals surface area contributed by atoms with Crippen LogP contribution in [0.3, 0.4) is 0 Å². The van der Waals surface area contributed by atoms with Crippen molar-refractivity contribution in [2.75, 3.05) is 66.7 Å². The van der Waals surface area contributed by atoms with E-state index >= 15 is 0 Å². The van der Waals surface area contributed by atoms with Crippen molar-refractivity contribution in [3.05, 3.63) is 112 Å². The van der Waals surface area contributed by atoms with Crippen LogP contribution in [-0.4, -0.2) is 120 Å². The average Bonchev–Trinajstić information content (AvgIpc) is 4.14. The number of hydrogen-bond acceptors (Lipinski definition) is 15. The zero-order chi connectivity index (χ0) is 54.2. The second kappa shape index (κ2) is 33.6. The number of carboxylic acids is 1. The quantitative estimate of drug-likeness (QED) is 0.0108. The fraction of sp³-hybridized carbons (Fsp3) is 0.407. The number of aliphatic imine (C=N–C) groups is 1. The van der Waals surface area contributed by atoms with Gasteiger partial charge in [0.15, 0.2) is 21.2 Å². The maximum Gasteiger partial charge on any atom is 0.300 e. The lowest BCUT2D eigenvalue weighted by Gasteiger charge is -2.15. The number of nitrogens with two attached hydrogens (primary N) is 2. The van der Waals surface area contributed by atoms with E-state index in [1.54, 1.807) is 36.4 Å². The molecule has 2 aliphatic rings. The highest BCUT2D eigenvalue weighted by Crippen LogP contribution is 2.32. The standard InChI is InChI=1S/C25H30N4O3S.C16H24N4OS2.C11H13BrO2.C2H4O2.H3P/c1-3-5-16-14-17(6-11-21(16)30)22(31)23-24(26)28-25(33-23)27-18-7-9-19(10-8-18)32-20-12-13-29(4-2)15-20;1-3-20-10-9-14(11-20)21-13-7-5-12(6-8-13)18-16(22)19-15(17)23-4-2;1-2-3-8-6-9(11(14)7-12)4-5-10(8)13;1-2(3)4;/h6-11,14,20,30H,3-5,12-13,15,26H2,1-2H3,(H,27,28);5-8,14H,3-4,9-11H2,1-2H3,(H3,17,18,19,22);4-6,13H,2-3,7H2,1H3;1H3,(H,3,4);1H3. The molecule has 0 amide bonds. The van der Waals surface area contributed by atoms with Crippen molar-refractivity contribution in [2.24, 2.45) is 10.7 Å². The molecule has 4 aromatic carbocycles. The van der Waals surface area contributed by atoms with E-state index in [-0.39, 0.29) is 51.0 Å². The molecule has 0 saturated carbocycles. The smallest absolute Gasteiger partial charge is 0.300 e. The number of carboxylic acid groups (broad SMARTS) is 1. The Morgan fingerprint density at radius 3 is 1.75 bits per heavy atom. The number of rotatable bonds is 18. The van der Waals surface area contributed by atoms with E-state index < -0.39 is 5.97 Å². The van der Waals surface area contributed by atoms with Crippen molar-refractivity contribution in [2.45, 2.75) is 92.3 Å². The number of likely N-dealkylation sites (tertiary alicyclic amines) is 2. The van der Waals surface area contributed by atoms with Gasteiger partial charge in [-0.05, 0) is 153 Å². The number of benzene rings is 4. The number of nitrogens with zero attached hydrogens (tertiary/aromatic N) is 4. The molecule has 5 aromatic rings. The van der Waals surface area contributed by atoms with Crippen molar-refractivity contribution in [1.29, 1.82) is 0 Å². The molecule has 3 heterocycles. The van der Waals surface area contributed by atoms with Crippen LogP contribution in [-0.2, 0) is 17.6 Å². The van der Waals surface area contributed by atoms with E-state index in [1.165, 1.54) is 23.1 Å². The number of aryl methyl sites for hydroxylation is 2. The summed E-state index contributed by atoms with van der Waals surface area (Å²) in [5.74, 6) is 2.29. The average molecular weight is 1170 g/mol. The van der Waals surface area contributed by atoms with Crippen molar-refractivity contribution >= 4 is 111 Å². The van der Waals surface area contributed by atoms with Crippen molar-refractivity contribution < 1.29 is 39.2 Å². The van der Waals surface area contributed by atoms with Gasteiger partial charge in [-0.1, -0.05) is 86.5 Å². The number of anilines is 4. The first-order chi connectivity index (χ1) is 35.5. The number of hydrogen-bond donors (Lipinski definition) is 7. The molecule has 3 unspecified atom stereocenters. The highest BCUT2D eigenvalue weighted by Gasteiger charge is 2.24. The number of phenolic OH excluding ortho intramolecular Hbond substituents is 2. The number of aliphatic carboxylic acids is 1. The molecule has 0 aliphatic carbocycles. The number of ketones is 2. The Morgan fingerprint density at radius 1 is 0.813 bits per heavy atom. The molecule has 2 aliphatic heterocycles. The lowest BCUT2D eigenvalue weighted by atomic mass is 10.0. The summed E-state index contributed by atoms with van der Waals surface area (Å²) in [6, 6.07) is 25.4. The zero-order valence-electron chi connectivity index (χ0n) is 43.8. The molecule has 0 bridgehead atoms. The molecule has 16 nitrogen and oxygen atoms in total. The van der Waals surface area contributed by atoms with Crippen LogP contribution in [0.15, 0.2) is 89.9 Å². The van der Waals surface area contributed by atoms with E-state index in [4.69, 9.17) is 43.1 Å². The first-order valence-corrected chi connectivity index (χ1v) is 28.1. The summed E-state index contributed by atoms with van der Waals surface area (Å²) >= 11 is 11.0. The monoisotopic (exact) mass is 1170 g/mol. The number of nitrogens with one attached hydrogen (secondary N) is 2. The molecular formula is C54H74BrN8O8PS3. The Hall–Kier alpha value is -5.34. The van der Waals surface area contributed by atoms with E-state index in [0.29, 0.717) is 43.2 Å². The molecule has 408 valence electrons. The van der Waals surface area contributed by atoms with Crippen LogP contribution in [0.1, 0.15) is 104 Å². The molecule has 2 saturated heterocycles. The molecule has 0 spiro atoms. The molecule has 3 atom stereocenters. The Balaban J connectivity index is 0.000000306. The topological polar surface area (TPSA) is 238 Å². The minimum Gasteiger partial charge on any atom is -0.508 e. The second-order valence-corrected chi connectivity index (χ2v) is 20.4. The number of carbonyl (C=O) groups is 3. The molecule has 7 rings (SSSR count). The van der Waals surface area contributed by atoms with E-state index in [1.807, 2.05) is 69.3 Å². The SMILES string of the molecule is CC(=O)O.CCCc1cc(C(=O)CBr)ccc1O.CCCc1cc(C(=O)c2sc(Nc3ccc(OC4CCN(CC)C4)cc3)nc2N)ccc1O.CCSC(N)=NC(=S)Nc1ccc(OC2CCN(CC)C2)cc1.P. The number of nitrogen functional groups attached to an aromatic ring is 1. The Kier molecular flexibility index (Phi) is 28.7. The minimum absolute atomic E-state index is 0. The number of carbonyl (C=O) groups excluding carboxylic acids is 2. The van der Waals surface area contributed by atoms with Crippen LogP contribution in [0.4, 0.5) is 22.3 Å². The Morgan fingerprint density at radius 2 is 1.29 bits per heavy atom. The largest absolute Gasteiger partial charge is 0.508 e. The van der Waals surface area contributed by atoms with Crippen LogP contribution >= 0.6 is 61.1 Å². The molecule has 9 N–H and O–H groups in total. The van der Waals surface area contributed by atoms with E-state index in [9.17, 15) is 19.8 Å². The summed E-state index contributed by atoms with van der Waals surface area (Å²) in [7, 11) is 0. The summed E-state index contributed by atoms with van der Waals surface area (Å²) in [5, 5.41) is 34.9. The molecule has 1 aromatic heterocycles. The lowest BCUT2D eigenvalue weighted by molar-refractivity contribution is -0.134. The number of ether oxygens (including phenoxy) is 2. The highest BCUT2D eigenvalue weighted by molar-refractivity contribution is 9.09. The molecule has 75 heavy (non-hydrogen) atoms. The van der Waals surface area contributed by atoms with E-state index in [0.717, 1.165) is 118 Å². The van der Waals surface area contributed by atoms with Crippen LogP contribution in [0.25, 0.3) is 0 Å². The molecular weight excluding hydrogens is 1100 g/mol. The number of phenols is 2. The maximum absolute atomic E-state index is 13.0. The minimum atomic E-state index is -0.833. The van der Waals surface area contributed by atoms with Crippen LogP contribution < -0.4 is 31.6 Å². The van der Waals surface area contributed by atoms with Gasteiger partial charge in [-0.15, -0.1) is 0 Å². The maximum atomic E-state index is 13.0. The fourth-order valence-corrected chi connectivity index (χ4v) is 9.63. The third-order valence-corrected chi connectivity index (χ3v) is 13.8. The number of halogens is 1. The third kappa shape index (κ3) is 22.0. The molecule has 2 fully saturated rings. The number of Topliss-reactive ketones (excluding diaryl/α,β-unsaturated/α-hetero) is 1. The number of aromatic nitrogens is 1. The van der Waals surface area contributed by atoms with Gasteiger partial charge in [-0.3, -0.25) is 24.2 Å². The normalized spacial score (nSPS) is 15.1.